The maximum atomic E-state index is 12.3. The molecule has 0 saturated carbocycles. The van der Waals surface area contributed by atoms with Crippen molar-refractivity contribution in [2.24, 2.45) is 0 Å². The second kappa shape index (κ2) is 6.48. The fourth-order valence-electron chi connectivity index (χ4n) is 2.84. The van der Waals surface area contributed by atoms with Crippen LogP contribution in [0.4, 0.5) is 10.5 Å². The van der Waals surface area contributed by atoms with Gasteiger partial charge in [0.25, 0.3) is 0 Å². The molecule has 1 aromatic heterocycles. The van der Waals surface area contributed by atoms with Gasteiger partial charge in [0.15, 0.2) is 0 Å². The van der Waals surface area contributed by atoms with Crippen LogP contribution in [0.1, 0.15) is 28.1 Å². The summed E-state index contributed by atoms with van der Waals surface area (Å²) in [6.45, 7) is 5.63. The number of nitrogens with one attached hydrogen (secondary N) is 1. The number of fused-ring (bicyclic) bond motifs is 1. The van der Waals surface area contributed by atoms with Crippen molar-refractivity contribution < 1.29 is 4.79 Å². The van der Waals surface area contributed by atoms with Gasteiger partial charge in [-0.1, -0.05) is 25.1 Å². The minimum atomic E-state index is -0.00561. The van der Waals surface area contributed by atoms with E-state index >= 15 is 0 Å². The van der Waals surface area contributed by atoms with E-state index in [1.165, 1.54) is 16.1 Å². The van der Waals surface area contributed by atoms with Crippen molar-refractivity contribution in [3.05, 3.63) is 45.4 Å². The molecule has 2 aromatic rings. The zero-order valence-electron chi connectivity index (χ0n) is 13.1. The standard InChI is InChI=1S/C17H21N3OS/c1-3-14-12(2)22-16(19-14)8-10-18-17(21)20-11-9-13-6-4-5-7-15(13)20/h4-7H,3,8-11H2,1-2H3,(H,18,21). The molecule has 3 rings (SSSR count). The predicted octanol–water partition coefficient (Wildman–Crippen LogP) is 3.33. The van der Waals surface area contributed by atoms with Crippen LogP contribution in [0.15, 0.2) is 24.3 Å². The third kappa shape index (κ3) is 2.99. The number of nitrogens with zero attached hydrogens (tertiary/aromatic N) is 2. The zero-order valence-corrected chi connectivity index (χ0v) is 13.9. The molecule has 0 unspecified atom stereocenters. The lowest BCUT2D eigenvalue weighted by molar-refractivity contribution is 0.247. The molecule has 22 heavy (non-hydrogen) atoms. The Morgan fingerprint density at radius 1 is 1.41 bits per heavy atom. The topological polar surface area (TPSA) is 45.2 Å². The number of hydrogen-bond acceptors (Lipinski definition) is 3. The molecule has 116 valence electrons. The number of aryl methyl sites for hydroxylation is 2. The largest absolute Gasteiger partial charge is 0.337 e. The number of amides is 2. The zero-order chi connectivity index (χ0) is 15.5. The summed E-state index contributed by atoms with van der Waals surface area (Å²) in [5.74, 6) is 0. The Morgan fingerprint density at radius 3 is 3.00 bits per heavy atom. The van der Waals surface area contributed by atoms with Gasteiger partial charge in [0, 0.05) is 30.1 Å². The first-order chi connectivity index (χ1) is 10.7. The highest BCUT2D eigenvalue weighted by atomic mass is 32.1. The molecular formula is C17H21N3OS. The number of hydrogen-bond donors (Lipinski definition) is 1. The summed E-state index contributed by atoms with van der Waals surface area (Å²) < 4.78 is 0. The summed E-state index contributed by atoms with van der Waals surface area (Å²) in [6.07, 6.45) is 2.71. The molecule has 1 N–H and O–H groups in total. The Labute approximate surface area is 135 Å². The maximum Gasteiger partial charge on any atom is 0.321 e. The Hall–Kier alpha value is -1.88. The third-order valence-electron chi connectivity index (χ3n) is 4.02. The van der Waals surface area contributed by atoms with E-state index < -0.39 is 0 Å². The van der Waals surface area contributed by atoms with Gasteiger partial charge in [-0.05, 0) is 31.4 Å². The highest BCUT2D eigenvalue weighted by Gasteiger charge is 2.23. The van der Waals surface area contributed by atoms with Gasteiger partial charge in [0.05, 0.1) is 10.7 Å². The molecule has 0 atom stereocenters. The number of benzene rings is 1. The van der Waals surface area contributed by atoms with Crippen LogP contribution in [0.2, 0.25) is 0 Å². The van der Waals surface area contributed by atoms with Crippen molar-refractivity contribution in [3.8, 4) is 0 Å². The summed E-state index contributed by atoms with van der Waals surface area (Å²) in [7, 11) is 0. The summed E-state index contributed by atoms with van der Waals surface area (Å²) in [5, 5.41) is 4.12. The predicted molar refractivity (Wildman–Crippen MR) is 90.8 cm³/mol. The monoisotopic (exact) mass is 315 g/mol. The lowest BCUT2D eigenvalue weighted by Crippen LogP contribution is -2.39. The van der Waals surface area contributed by atoms with Crippen LogP contribution in [-0.2, 0) is 19.3 Å². The van der Waals surface area contributed by atoms with Crippen molar-refractivity contribution in [2.45, 2.75) is 33.1 Å². The number of anilines is 1. The van der Waals surface area contributed by atoms with E-state index in [0.29, 0.717) is 6.54 Å². The molecule has 1 aliphatic heterocycles. The number of rotatable bonds is 4. The van der Waals surface area contributed by atoms with Gasteiger partial charge >= 0.3 is 6.03 Å². The van der Waals surface area contributed by atoms with Crippen LogP contribution < -0.4 is 10.2 Å². The fraction of sp³-hybridized carbons (Fsp3) is 0.412. The van der Waals surface area contributed by atoms with Crippen LogP contribution in [0.25, 0.3) is 0 Å². The lowest BCUT2D eigenvalue weighted by Gasteiger charge is -2.17. The summed E-state index contributed by atoms with van der Waals surface area (Å²) in [5.41, 5.74) is 3.47. The van der Waals surface area contributed by atoms with Crippen LogP contribution in [0, 0.1) is 6.92 Å². The number of carbonyl (C=O) groups excluding carboxylic acids is 1. The minimum Gasteiger partial charge on any atom is -0.337 e. The van der Waals surface area contributed by atoms with Gasteiger partial charge in [-0.25, -0.2) is 9.78 Å². The average molecular weight is 315 g/mol. The first-order valence-corrected chi connectivity index (χ1v) is 8.59. The van der Waals surface area contributed by atoms with E-state index in [0.717, 1.165) is 36.5 Å². The summed E-state index contributed by atoms with van der Waals surface area (Å²) >= 11 is 1.74. The van der Waals surface area contributed by atoms with Gasteiger partial charge in [-0.2, -0.15) is 0 Å². The number of carbonyl (C=O) groups is 1. The third-order valence-corrected chi connectivity index (χ3v) is 5.09. The number of urea groups is 1. The Bertz CT molecular complexity index is 680. The smallest absolute Gasteiger partial charge is 0.321 e. The highest BCUT2D eigenvalue weighted by Crippen LogP contribution is 2.27. The molecule has 2 amide bonds. The Kier molecular flexibility index (Phi) is 4.43. The van der Waals surface area contributed by atoms with Gasteiger partial charge in [0.1, 0.15) is 0 Å². The van der Waals surface area contributed by atoms with E-state index in [1.807, 2.05) is 23.1 Å². The molecule has 0 spiro atoms. The van der Waals surface area contributed by atoms with E-state index in [2.05, 4.69) is 30.2 Å². The molecule has 0 radical (unpaired) electrons. The van der Waals surface area contributed by atoms with Gasteiger partial charge in [0.2, 0.25) is 0 Å². The first kappa shape index (κ1) is 15.0. The molecule has 5 heteroatoms. The van der Waals surface area contributed by atoms with E-state index in [4.69, 9.17) is 0 Å². The molecule has 0 fully saturated rings. The van der Waals surface area contributed by atoms with E-state index in [-0.39, 0.29) is 6.03 Å². The molecule has 0 aliphatic carbocycles. The van der Waals surface area contributed by atoms with Gasteiger partial charge < -0.3 is 5.32 Å². The van der Waals surface area contributed by atoms with E-state index in [1.54, 1.807) is 11.3 Å². The van der Waals surface area contributed by atoms with E-state index in [9.17, 15) is 4.79 Å². The van der Waals surface area contributed by atoms with Crippen molar-refractivity contribution >= 4 is 23.1 Å². The SMILES string of the molecule is CCc1nc(CCNC(=O)N2CCc3ccccc32)sc1C. The second-order valence-electron chi connectivity index (χ2n) is 5.48. The highest BCUT2D eigenvalue weighted by molar-refractivity contribution is 7.11. The van der Waals surface area contributed by atoms with Crippen LogP contribution >= 0.6 is 11.3 Å². The average Bonchev–Trinajstić information content (AvgIpc) is 3.10. The van der Waals surface area contributed by atoms with Gasteiger partial charge in [-0.15, -0.1) is 11.3 Å². The Balaban J connectivity index is 1.55. The minimum absolute atomic E-state index is 0.00561. The van der Waals surface area contributed by atoms with Crippen molar-refractivity contribution in [3.63, 3.8) is 0 Å². The maximum absolute atomic E-state index is 12.3. The lowest BCUT2D eigenvalue weighted by atomic mass is 10.2. The first-order valence-electron chi connectivity index (χ1n) is 7.77. The fourth-order valence-corrected chi connectivity index (χ4v) is 3.86. The second-order valence-corrected chi connectivity index (χ2v) is 6.76. The molecule has 4 nitrogen and oxygen atoms in total. The molecule has 1 aliphatic rings. The van der Waals surface area contributed by atoms with Crippen molar-refractivity contribution in [1.29, 1.82) is 0 Å². The normalized spacial score (nSPS) is 13.3. The molecule has 2 heterocycles. The Morgan fingerprint density at radius 2 is 2.23 bits per heavy atom. The van der Waals surface area contributed by atoms with Crippen molar-refractivity contribution in [1.82, 2.24) is 10.3 Å². The van der Waals surface area contributed by atoms with Gasteiger partial charge in [-0.3, -0.25) is 4.90 Å². The van der Waals surface area contributed by atoms with Crippen LogP contribution in [-0.4, -0.2) is 24.1 Å². The molecular weight excluding hydrogens is 294 g/mol. The molecule has 0 saturated heterocycles. The summed E-state index contributed by atoms with van der Waals surface area (Å²) in [6, 6.07) is 8.10. The number of thiazole rings is 1. The van der Waals surface area contributed by atoms with Crippen LogP contribution in [0.3, 0.4) is 0 Å². The molecule has 0 bridgehead atoms. The van der Waals surface area contributed by atoms with Crippen LogP contribution in [0.5, 0.6) is 0 Å². The number of para-hydroxylation sites is 1. The summed E-state index contributed by atoms with van der Waals surface area (Å²) in [4.78, 5) is 20.1. The number of aromatic nitrogens is 1. The molecule has 1 aromatic carbocycles. The van der Waals surface area contributed by atoms with Crippen molar-refractivity contribution in [2.75, 3.05) is 18.0 Å². The quantitative estimate of drug-likeness (QED) is 0.940.